The molecule has 0 saturated heterocycles. The minimum Gasteiger partial charge on any atom is -0.445 e. The third kappa shape index (κ3) is 4.10. The molecule has 0 heterocycles. The van der Waals surface area contributed by atoms with Gasteiger partial charge in [0.2, 0.25) is 0 Å². The van der Waals surface area contributed by atoms with Crippen molar-refractivity contribution in [3.05, 3.63) is 35.9 Å². The maximum Gasteiger partial charge on any atom is 0.407 e. The van der Waals surface area contributed by atoms with Crippen molar-refractivity contribution in [1.82, 2.24) is 5.32 Å². The van der Waals surface area contributed by atoms with Gasteiger partial charge in [0.15, 0.2) is 0 Å². The molecular formula is C14H18N2O2. The maximum absolute atomic E-state index is 11.5. The predicted octanol–water partition coefficient (Wildman–Crippen LogP) is 2.85. The van der Waals surface area contributed by atoms with Crippen LogP contribution in [0.3, 0.4) is 0 Å². The van der Waals surface area contributed by atoms with Crippen molar-refractivity contribution >= 4 is 6.09 Å². The van der Waals surface area contributed by atoms with Crippen LogP contribution in [0.5, 0.6) is 0 Å². The summed E-state index contributed by atoms with van der Waals surface area (Å²) in [6, 6.07) is 11.7. The summed E-state index contributed by atoms with van der Waals surface area (Å²) in [6.07, 6.45) is -0.965. The third-order valence-electron chi connectivity index (χ3n) is 2.87. The second-order valence-electron chi connectivity index (χ2n) is 4.72. The number of nitrogens with zero attached hydrogens (tertiary/aromatic N) is 1. The number of benzene rings is 1. The van der Waals surface area contributed by atoms with Gasteiger partial charge in [0.1, 0.15) is 6.10 Å². The van der Waals surface area contributed by atoms with Crippen LogP contribution in [0.4, 0.5) is 4.79 Å². The third-order valence-corrected chi connectivity index (χ3v) is 2.87. The Balaban J connectivity index is 2.42. The Kier molecular flexibility index (Phi) is 4.73. The largest absolute Gasteiger partial charge is 0.445 e. The summed E-state index contributed by atoms with van der Waals surface area (Å²) >= 11 is 0. The molecule has 96 valence electrons. The fraction of sp³-hybridized carbons (Fsp3) is 0.429. The molecule has 4 nitrogen and oxygen atoms in total. The van der Waals surface area contributed by atoms with Gasteiger partial charge in [-0.1, -0.05) is 30.3 Å². The highest BCUT2D eigenvalue weighted by Crippen LogP contribution is 2.21. The standard InChI is InChI=1S/C14H18N2O2/c1-11(14(2,3)10-15)18-13(17)16-9-12-7-5-4-6-8-12/h4-8,11H,9H2,1-3H3,(H,16,17). The van der Waals surface area contributed by atoms with E-state index in [1.54, 1.807) is 20.8 Å². The van der Waals surface area contributed by atoms with E-state index < -0.39 is 17.6 Å². The first-order chi connectivity index (χ1) is 8.45. The molecule has 0 aliphatic rings. The molecule has 0 saturated carbocycles. The molecule has 4 heteroatoms. The lowest BCUT2D eigenvalue weighted by molar-refractivity contribution is 0.0589. The van der Waals surface area contributed by atoms with Gasteiger partial charge in [0.25, 0.3) is 0 Å². The lowest BCUT2D eigenvalue weighted by atomic mass is 9.89. The van der Waals surface area contributed by atoms with Gasteiger partial charge in [-0.15, -0.1) is 0 Å². The van der Waals surface area contributed by atoms with Crippen LogP contribution in [0.15, 0.2) is 30.3 Å². The quantitative estimate of drug-likeness (QED) is 0.888. The second kappa shape index (κ2) is 6.06. The Morgan fingerprint density at radius 2 is 2.06 bits per heavy atom. The molecule has 1 unspecified atom stereocenters. The SMILES string of the molecule is CC(OC(=O)NCc1ccccc1)C(C)(C)C#N. The van der Waals surface area contributed by atoms with Crippen molar-refractivity contribution in [2.24, 2.45) is 5.41 Å². The Morgan fingerprint density at radius 3 is 2.61 bits per heavy atom. The van der Waals surface area contributed by atoms with E-state index in [0.717, 1.165) is 5.56 Å². The summed E-state index contributed by atoms with van der Waals surface area (Å²) in [6.45, 7) is 5.61. The van der Waals surface area contributed by atoms with Gasteiger partial charge in [-0.3, -0.25) is 0 Å². The van der Waals surface area contributed by atoms with Crippen LogP contribution in [-0.4, -0.2) is 12.2 Å². The fourth-order valence-corrected chi connectivity index (χ4v) is 1.21. The predicted molar refractivity (Wildman–Crippen MR) is 68.6 cm³/mol. The van der Waals surface area contributed by atoms with Gasteiger partial charge < -0.3 is 10.1 Å². The van der Waals surface area contributed by atoms with Crippen LogP contribution in [0.25, 0.3) is 0 Å². The first kappa shape index (κ1) is 14.0. The molecule has 0 aliphatic carbocycles. The minimum absolute atomic E-state index is 0.416. The van der Waals surface area contributed by atoms with Crippen LogP contribution in [-0.2, 0) is 11.3 Å². The maximum atomic E-state index is 11.5. The molecule has 0 bridgehead atoms. The Morgan fingerprint density at radius 1 is 1.44 bits per heavy atom. The van der Waals surface area contributed by atoms with Gasteiger partial charge in [-0.05, 0) is 26.3 Å². The lowest BCUT2D eigenvalue weighted by Crippen LogP contribution is -2.34. The van der Waals surface area contributed by atoms with E-state index in [2.05, 4.69) is 11.4 Å². The summed E-state index contributed by atoms with van der Waals surface area (Å²) in [4.78, 5) is 11.5. The molecule has 0 aromatic heterocycles. The first-order valence-electron chi connectivity index (χ1n) is 5.85. The fourth-order valence-electron chi connectivity index (χ4n) is 1.21. The number of nitrogens with one attached hydrogen (secondary N) is 1. The number of rotatable bonds is 4. The monoisotopic (exact) mass is 246 g/mol. The molecule has 1 rings (SSSR count). The van der Waals surface area contributed by atoms with E-state index >= 15 is 0 Å². The molecule has 1 aromatic rings. The van der Waals surface area contributed by atoms with E-state index in [-0.39, 0.29) is 0 Å². The first-order valence-corrected chi connectivity index (χ1v) is 5.85. The summed E-state index contributed by atoms with van der Waals surface area (Å²) in [5.41, 5.74) is 0.311. The molecule has 18 heavy (non-hydrogen) atoms. The van der Waals surface area contributed by atoms with Gasteiger partial charge >= 0.3 is 6.09 Å². The number of hydrogen-bond donors (Lipinski definition) is 1. The topological polar surface area (TPSA) is 62.1 Å². The minimum atomic E-state index is -0.690. The molecule has 0 aliphatic heterocycles. The summed E-state index contributed by atoms with van der Waals surface area (Å²) < 4.78 is 5.16. The number of carbonyl (C=O) groups is 1. The Hall–Kier alpha value is -2.02. The van der Waals surface area contributed by atoms with Gasteiger partial charge in [0.05, 0.1) is 11.5 Å². The molecule has 0 spiro atoms. The smallest absolute Gasteiger partial charge is 0.407 e. The second-order valence-corrected chi connectivity index (χ2v) is 4.72. The molecule has 1 atom stereocenters. The molecular weight excluding hydrogens is 228 g/mol. The van der Waals surface area contributed by atoms with Crippen molar-refractivity contribution in [3.8, 4) is 6.07 Å². The van der Waals surface area contributed by atoms with E-state index in [1.165, 1.54) is 0 Å². The Labute approximate surface area is 108 Å². The zero-order chi connectivity index (χ0) is 13.6. The summed E-state index contributed by atoms with van der Waals surface area (Å²) in [7, 11) is 0. The lowest BCUT2D eigenvalue weighted by Gasteiger charge is -2.24. The van der Waals surface area contributed by atoms with Gasteiger partial charge in [-0.2, -0.15) is 5.26 Å². The zero-order valence-corrected chi connectivity index (χ0v) is 10.9. The number of amides is 1. The van der Waals surface area contributed by atoms with Crippen molar-refractivity contribution < 1.29 is 9.53 Å². The Bertz CT molecular complexity index is 435. The van der Waals surface area contributed by atoms with Gasteiger partial charge in [0, 0.05) is 6.54 Å². The van der Waals surface area contributed by atoms with E-state index in [0.29, 0.717) is 6.54 Å². The molecule has 1 amide bonds. The molecule has 1 aromatic carbocycles. The zero-order valence-electron chi connectivity index (χ0n) is 10.9. The number of hydrogen-bond acceptors (Lipinski definition) is 3. The normalized spacial score (nSPS) is 12.3. The van der Waals surface area contributed by atoms with Crippen molar-refractivity contribution in [1.29, 1.82) is 5.26 Å². The van der Waals surface area contributed by atoms with E-state index in [4.69, 9.17) is 10.00 Å². The number of carbonyl (C=O) groups excluding carboxylic acids is 1. The highest BCUT2D eigenvalue weighted by molar-refractivity contribution is 5.67. The molecule has 1 N–H and O–H groups in total. The van der Waals surface area contributed by atoms with Crippen LogP contribution < -0.4 is 5.32 Å². The van der Waals surface area contributed by atoms with Crippen LogP contribution >= 0.6 is 0 Å². The molecule has 0 radical (unpaired) electrons. The van der Waals surface area contributed by atoms with Gasteiger partial charge in [-0.25, -0.2) is 4.79 Å². The number of alkyl carbamates (subject to hydrolysis) is 1. The number of nitriles is 1. The number of ether oxygens (including phenoxy) is 1. The van der Waals surface area contributed by atoms with Crippen LogP contribution in [0, 0.1) is 16.7 Å². The van der Waals surface area contributed by atoms with E-state index in [9.17, 15) is 4.79 Å². The summed E-state index contributed by atoms with van der Waals surface area (Å²) in [5, 5.41) is 11.6. The highest BCUT2D eigenvalue weighted by Gasteiger charge is 2.28. The summed E-state index contributed by atoms with van der Waals surface area (Å²) in [5.74, 6) is 0. The highest BCUT2D eigenvalue weighted by atomic mass is 16.6. The van der Waals surface area contributed by atoms with Crippen molar-refractivity contribution in [3.63, 3.8) is 0 Å². The van der Waals surface area contributed by atoms with Crippen LogP contribution in [0.2, 0.25) is 0 Å². The van der Waals surface area contributed by atoms with E-state index in [1.807, 2.05) is 30.3 Å². The average Bonchev–Trinajstić information content (AvgIpc) is 2.37. The average molecular weight is 246 g/mol. The van der Waals surface area contributed by atoms with Crippen LogP contribution in [0.1, 0.15) is 26.3 Å². The van der Waals surface area contributed by atoms with Crippen molar-refractivity contribution in [2.45, 2.75) is 33.4 Å². The van der Waals surface area contributed by atoms with Crippen molar-refractivity contribution in [2.75, 3.05) is 0 Å². The molecule has 0 fully saturated rings.